The molecule has 110 valence electrons. The quantitative estimate of drug-likeness (QED) is 0.818. The van der Waals surface area contributed by atoms with E-state index in [1.54, 1.807) is 24.3 Å². The van der Waals surface area contributed by atoms with Crippen LogP contribution in [0.1, 0.15) is 15.9 Å². The second-order valence-electron chi connectivity index (χ2n) is 4.59. The van der Waals surface area contributed by atoms with Crippen LogP contribution in [0.15, 0.2) is 54.6 Å². The second kappa shape index (κ2) is 8.07. The van der Waals surface area contributed by atoms with Crippen LogP contribution >= 0.6 is 0 Å². The molecule has 0 saturated carbocycles. The average Bonchev–Trinajstić information content (AvgIpc) is 2.54. The third-order valence-corrected chi connectivity index (χ3v) is 3.02. The van der Waals surface area contributed by atoms with Gasteiger partial charge in [0.05, 0.1) is 13.2 Å². The molecule has 0 aromatic heterocycles. The van der Waals surface area contributed by atoms with E-state index >= 15 is 0 Å². The van der Waals surface area contributed by atoms with Crippen LogP contribution in [0.25, 0.3) is 0 Å². The number of ether oxygens (including phenoxy) is 1. The summed E-state index contributed by atoms with van der Waals surface area (Å²) in [7, 11) is 0. The standard InChI is InChI=1S/C17H19NO3/c19-12-11-18-17(20)15-6-8-16(9-7-15)21-13-10-14-4-2-1-3-5-14/h1-9,19H,10-13H2,(H,18,20). The molecule has 2 aromatic rings. The van der Waals surface area contributed by atoms with Gasteiger partial charge in [-0.25, -0.2) is 0 Å². The number of hydrogen-bond donors (Lipinski definition) is 2. The highest BCUT2D eigenvalue weighted by Crippen LogP contribution is 2.12. The molecule has 0 radical (unpaired) electrons. The highest BCUT2D eigenvalue weighted by molar-refractivity contribution is 5.94. The van der Waals surface area contributed by atoms with Crippen molar-refractivity contribution in [2.45, 2.75) is 6.42 Å². The maximum Gasteiger partial charge on any atom is 0.251 e. The molecule has 2 N–H and O–H groups in total. The molecule has 2 rings (SSSR count). The van der Waals surface area contributed by atoms with Gasteiger partial charge in [0, 0.05) is 18.5 Å². The fourth-order valence-corrected chi connectivity index (χ4v) is 1.91. The van der Waals surface area contributed by atoms with Crippen LogP contribution in [0.4, 0.5) is 0 Å². The summed E-state index contributed by atoms with van der Waals surface area (Å²) in [6.07, 6.45) is 0.847. The van der Waals surface area contributed by atoms with Crippen molar-refractivity contribution in [3.8, 4) is 5.75 Å². The Morgan fingerprint density at radius 1 is 1.05 bits per heavy atom. The summed E-state index contributed by atoms with van der Waals surface area (Å²) in [4.78, 5) is 11.7. The van der Waals surface area contributed by atoms with Gasteiger partial charge in [-0.05, 0) is 29.8 Å². The van der Waals surface area contributed by atoms with Crippen molar-refractivity contribution in [3.63, 3.8) is 0 Å². The fourth-order valence-electron chi connectivity index (χ4n) is 1.91. The summed E-state index contributed by atoms with van der Waals surface area (Å²) in [5.41, 5.74) is 1.79. The van der Waals surface area contributed by atoms with Crippen molar-refractivity contribution >= 4 is 5.91 Å². The lowest BCUT2D eigenvalue weighted by Gasteiger charge is -2.07. The molecule has 0 aliphatic carbocycles. The number of benzene rings is 2. The minimum absolute atomic E-state index is 0.0631. The highest BCUT2D eigenvalue weighted by atomic mass is 16.5. The maximum atomic E-state index is 11.7. The lowest BCUT2D eigenvalue weighted by Crippen LogP contribution is -2.26. The molecule has 0 bridgehead atoms. The second-order valence-corrected chi connectivity index (χ2v) is 4.59. The number of carbonyl (C=O) groups excluding carboxylic acids is 1. The highest BCUT2D eigenvalue weighted by Gasteiger charge is 2.04. The van der Waals surface area contributed by atoms with Gasteiger partial charge in [-0.2, -0.15) is 0 Å². The summed E-state index contributed by atoms with van der Waals surface area (Å²) in [5.74, 6) is 0.546. The van der Waals surface area contributed by atoms with Gasteiger partial charge in [-0.1, -0.05) is 30.3 Å². The average molecular weight is 285 g/mol. The molecule has 2 aromatic carbocycles. The number of amides is 1. The number of nitrogens with one attached hydrogen (secondary N) is 1. The van der Waals surface area contributed by atoms with Crippen LogP contribution in [-0.4, -0.2) is 30.8 Å². The van der Waals surface area contributed by atoms with Crippen LogP contribution in [0, 0.1) is 0 Å². The Morgan fingerprint density at radius 2 is 1.76 bits per heavy atom. The van der Waals surface area contributed by atoms with Gasteiger partial charge in [-0.3, -0.25) is 4.79 Å². The SMILES string of the molecule is O=C(NCCO)c1ccc(OCCc2ccccc2)cc1. The topological polar surface area (TPSA) is 58.6 Å². The van der Waals surface area contributed by atoms with Gasteiger partial charge in [0.1, 0.15) is 5.75 Å². The van der Waals surface area contributed by atoms with E-state index in [1.165, 1.54) is 5.56 Å². The van der Waals surface area contributed by atoms with Crippen molar-refractivity contribution in [1.82, 2.24) is 5.32 Å². The Balaban J connectivity index is 1.81. The van der Waals surface area contributed by atoms with Gasteiger partial charge >= 0.3 is 0 Å². The van der Waals surface area contributed by atoms with Crippen molar-refractivity contribution in [1.29, 1.82) is 0 Å². The third-order valence-electron chi connectivity index (χ3n) is 3.02. The van der Waals surface area contributed by atoms with E-state index in [0.29, 0.717) is 12.2 Å². The molecule has 0 fully saturated rings. The maximum absolute atomic E-state index is 11.7. The van der Waals surface area contributed by atoms with Gasteiger partial charge < -0.3 is 15.2 Å². The lowest BCUT2D eigenvalue weighted by atomic mass is 10.2. The Kier molecular flexibility index (Phi) is 5.79. The Hall–Kier alpha value is -2.33. The molecule has 0 unspecified atom stereocenters. The van der Waals surface area contributed by atoms with Crippen LogP contribution in [-0.2, 0) is 6.42 Å². The largest absolute Gasteiger partial charge is 0.493 e. The molecular weight excluding hydrogens is 266 g/mol. The molecule has 0 aliphatic heterocycles. The molecule has 0 aliphatic rings. The van der Waals surface area contributed by atoms with Crippen LogP contribution < -0.4 is 10.1 Å². The number of rotatable bonds is 7. The molecule has 0 atom stereocenters. The Labute approximate surface area is 124 Å². The lowest BCUT2D eigenvalue weighted by molar-refractivity contribution is 0.0944. The Bertz CT molecular complexity index is 552. The third kappa shape index (κ3) is 4.93. The van der Waals surface area contributed by atoms with Crippen molar-refractivity contribution in [2.24, 2.45) is 0 Å². The predicted molar refractivity (Wildman–Crippen MR) is 81.5 cm³/mol. The number of aliphatic hydroxyl groups excluding tert-OH is 1. The van der Waals surface area contributed by atoms with E-state index in [4.69, 9.17) is 9.84 Å². The molecule has 0 saturated heterocycles. The minimum Gasteiger partial charge on any atom is -0.493 e. The monoisotopic (exact) mass is 285 g/mol. The summed E-state index contributed by atoms with van der Waals surface area (Å²) < 4.78 is 5.65. The van der Waals surface area contributed by atoms with Crippen LogP contribution in [0.5, 0.6) is 5.75 Å². The molecular formula is C17H19NO3. The van der Waals surface area contributed by atoms with Gasteiger partial charge in [0.15, 0.2) is 0 Å². The first-order chi connectivity index (χ1) is 10.3. The van der Waals surface area contributed by atoms with Crippen LogP contribution in [0.3, 0.4) is 0 Å². The molecule has 0 spiro atoms. The van der Waals surface area contributed by atoms with E-state index in [0.717, 1.165) is 12.2 Å². The summed E-state index contributed by atoms with van der Waals surface area (Å²) in [6.45, 7) is 0.792. The van der Waals surface area contributed by atoms with E-state index in [1.807, 2.05) is 18.2 Å². The molecule has 4 heteroatoms. The first kappa shape index (κ1) is 15.1. The van der Waals surface area contributed by atoms with Crippen molar-refractivity contribution < 1.29 is 14.6 Å². The minimum atomic E-state index is -0.195. The van der Waals surface area contributed by atoms with Crippen molar-refractivity contribution in [2.75, 3.05) is 19.8 Å². The Morgan fingerprint density at radius 3 is 2.43 bits per heavy atom. The van der Waals surface area contributed by atoms with E-state index in [2.05, 4.69) is 17.4 Å². The van der Waals surface area contributed by atoms with E-state index < -0.39 is 0 Å². The van der Waals surface area contributed by atoms with Gasteiger partial charge in [0.25, 0.3) is 5.91 Å². The zero-order valence-corrected chi connectivity index (χ0v) is 11.8. The normalized spacial score (nSPS) is 10.1. The molecule has 4 nitrogen and oxygen atoms in total. The molecule has 0 heterocycles. The predicted octanol–water partition coefficient (Wildman–Crippen LogP) is 2.03. The van der Waals surface area contributed by atoms with Crippen LogP contribution in [0.2, 0.25) is 0 Å². The van der Waals surface area contributed by atoms with Gasteiger partial charge in [-0.15, -0.1) is 0 Å². The summed E-state index contributed by atoms with van der Waals surface area (Å²) in [6, 6.07) is 17.1. The van der Waals surface area contributed by atoms with Gasteiger partial charge in [0.2, 0.25) is 0 Å². The fraction of sp³-hybridized carbons (Fsp3) is 0.235. The summed E-state index contributed by atoms with van der Waals surface area (Å²) in [5, 5.41) is 11.3. The zero-order valence-electron chi connectivity index (χ0n) is 11.8. The van der Waals surface area contributed by atoms with E-state index in [-0.39, 0.29) is 19.1 Å². The number of carbonyl (C=O) groups is 1. The first-order valence-electron chi connectivity index (χ1n) is 6.95. The summed E-state index contributed by atoms with van der Waals surface area (Å²) >= 11 is 0. The molecule has 1 amide bonds. The van der Waals surface area contributed by atoms with Crippen molar-refractivity contribution in [3.05, 3.63) is 65.7 Å². The number of hydrogen-bond acceptors (Lipinski definition) is 3. The first-order valence-corrected chi connectivity index (χ1v) is 6.95. The zero-order chi connectivity index (χ0) is 14.9. The van der Waals surface area contributed by atoms with E-state index in [9.17, 15) is 4.79 Å². The number of aliphatic hydroxyl groups is 1. The smallest absolute Gasteiger partial charge is 0.251 e. The molecule has 21 heavy (non-hydrogen) atoms.